The van der Waals surface area contributed by atoms with E-state index in [1.165, 1.54) is 5.56 Å². The molecule has 2 N–H and O–H groups in total. The van der Waals surface area contributed by atoms with Crippen LogP contribution < -0.4 is 10.6 Å². The quantitative estimate of drug-likeness (QED) is 0.850. The Bertz CT molecular complexity index is 620. The summed E-state index contributed by atoms with van der Waals surface area (Å²) in [5.74, 6) is 0. The summed E-state index contributed by atoms with van der Waals surface area (Å²) < 4.78 is 0. The molecule has 0 saturated carbocycles. The van der Waals surface area contributed by atoms with Crippen LogP contribution in [0.5, 0.6) is 0 Å². The molecule has 0 spiro atoms. The van der Waals surface area contributed by atoms with Gasteiger partial charge in [0.05, 0.1) is 5.69 Å². The molecule has 0 aliphatic heterocycles. The maximum absolute atomic E-state index is 5.33. The third-order valence-corrected chi connectivity index (χ3v) is 3.52. The van der Waals surface area contributed by atoms with E-state index in [0.29, 0.717) is 18.2 Å². The van der Waals surface area contributed by atoms with Crippen molar-refractivity contribution in [3.63, 3.8) is 0 Å². The zero-order valence-electron chi connectivity index (χ0n) is 13.3. The number of hydrogen-bond donors (Lipinski definition) is 2. The molecule has 2 aromatic rings. The lowest BCUT2D eigenvalue weighted by atomic mass is 9.89. The van der Waals surface area contributed by atoms with Gasteiger partial charge >= 0.3 is 0 Å². The van der Waals surface area contributed by atoms with E-state index in [9.17, 15) is 0 Å². The Balaban J connectivity index is 1.89. The van der Waals surface area contributed by atoms with Crippen molar-refractivity contribution in [2.24, 2.45) is 0 Å². The molecule has 0 amide bonds. The van der Waals surface area contributed by atoms with Crippen molar-refractivity contribution in [2.45, 2.75) is 39.3 Å². The van der Waals surface area contributed by atoms with Crippen LogP contribution in [0.1, 0.15) is 37.6 Å². The van der Waals surface area contributed by atoms with E-state index in [2.05, 4.69) is 53.5 Å². The molecule has 0 aliphatic rings. The third kappa shape index (κ3) is 4.77. The van der Waals surface area contributed by atoms with E-state index in [1.54, 1.807) is 6.33 Å². The van der Waals surface area contributed by atoms with Gasteiger partial charge in [-0.15, -0.1) is 0 Å². The SMILES string of the molecule is CC(C)(C)c1ncncc1CNC(=S)NCc1ccccc1. The normalized spacial score (nSPS) is 11.0. The highest BCUT2D eigenvalue weighted by atomic mass is 32.1. The highest BCUT2D eigenvalue weighted by molar-refractivity contribution is 7.80. The van der Waals surface area contributed by atoms with Crippen LogP contribution in [0.2, 0.25) is 0 Å². The summed E-state index contributed by atoms with van der Waals surface area (Å²) >= 11 is 5.33. The molecule has 0 saturated heterocycles. The monoisotopic (exact) mass is 314 g/mol. The van der Waals surface area contributed by atoms with Crippen molar-refractivity contribution in [1.29, 1.82) is 0 Å². The minimum atomic E-state index is -0.0148. The minimum absolute atomic E-state index is 0.0148. The van der Waals surface area contributed by atoms with Gasteiger partial charge in [0, 0.05) is 30.3 Å². The van der Waals surface area contributed by atoms with Gasteiger partial charge in [0.25, 0.3) is 0 Å². The van der Waals surface area contributed by atoms with Gasteiger partial charge in [0.1, 0.15) is 6.33 Å². The Labute approximate surface area is 137 Å². The third-order valence-electron chi connectivity index (χ3n) is 3.23. The van der Waals surface area contributed by atoms with Crippen LogP contribution in [0.25, 0.3) is 0 Å². The molecule has 1 aromatic carbocycles. The Morgan fingerprint density at radius 2 is 1.77 bits per heavy atom. The summed E-state index contributed by atoms with van der Waals surface area (Å²) in [5.41, 5.74) is 3.30. The molecule has 0 aliphatic carbocycles. The predicted molar refractivity (Wildman–Crippen MR) is 93.5 cm³/mol. The van der Waals surface area contributed by atoms with Gasteiger partial charge in [0.15, 0.2) is 5.11 Å². The van der Waals surface area contributed by atoms with Crippen LogP contribution in [-0.2, 0) is 18.5 Å². The number of hydrogen-bond acceptors (Lipinski definition) is 3. The maximum Gasteiger partial charge on any atom is 0.166 e. The lowest BCUT2D eigenvalue weighted by Crippen LogP contribution is -2.35. The van der Waals surface area contributed by atoms with Crippen molar-refractivity contribution in [2.75, 3.05) is 0 Å². The lowest BCUT2D eigenvalue weighted by molar-refractivity contribution is 0.555. The second-order valence-corrected chi connectivity index (χ2v) is 6.58. The molecule has 4 nitrogen and oxygen atoms in total. The molecular weight excluding hydrogens is 292 g/mol. The van der Waals surface area contributed by atoms with E-state index < -0.39 is 0 Å². The molecule has 0 radical (unpaired) electrons. The Hall–Kier alpha value is -2.01. The standard InChI is InChI=1S/C17H22N4S/c1-17(2,3)15-14(10-18-12-21-15)11-20-16(22)19-9-13-7-5-4-6-8-13/h4-8,10,12H,9,11H2,1-3H3,(H2,19,20,22). The fourth-order valence-electron chi connectivity index (χ4n) is 2.18. The number of nitrogens with one attached hydrogen (secondary N) is 2. The second kappa shape index (κ2) is 7.31. The van der Waals surface area contributed by atoms with E-state index in [1.807, 2.05) is 24.4 Å². The smallest absolute Gasteiger partial charge is 0.166 e. The van der Waals surface area contributed by atoms with Crippen molar-refractivity contribution in [3.8, 4) is 0 Å². The zero-order chi connectivity index (χ0) is 16.0. The molecule has 0 bridgehead atoms. The Kier molecular flexibility index (Phi) is 5.44. The molecule has 0 fully saturated rings. The van der Waals surface area contributed by atoms with Crippen LogP contribution in [0.15, 0.2) is 42.9 Å². The number of aromatic nitrogens is 2. The van der Waals surface area contributed by atoms with Crippen molar-refractivity contribution in [1.82, 2.24) is 20.6 Å². The topological polar surface area (TPSA) is 49.8 Å². The summed E-state index contributed by atoms with van der Waals surface area (Å²) in [7, 11) is 0. The summed E-state index contributed by atoms with van der Waals surface area (Å²) in [6.07, 6.45) is 3.44. The summed E-state index contributed by atoms with van der Waals surface area (Å²) in [5, 5.41) is 7.06. The first-order valence-corrected chi connectivity index (χ1v) is 7.72. The van der Waals surface area contributed by atoms with Gasteiger partial charge < -0.3 is 10.6 Å². The van der Waals surface area contributed by atoms with Gasteiger partial charge in [-0.3, -0.25) is 0 Å². The average molecular weight is 314 g/mol. The molecule has 5 heteroatoms. The van der Waals surface area contributed by atoms with E-state index in [-0.39, 0.29) is 5.41 Å². The molecule has 22 heavy (non-hydrogen) atoms. The molecule has 0 unspecified atom stereocenters. The van der Waals surface area contributed by atoms with Crippen molar-refractivity contribution < 1.29 is 0 Å². The van der Waals surface area contributed by atoms with Crippen LogP contribution in [0.3, 0.4) is 0 Å². The van der Waals surface area contributed by atoms with Crippen LogP contribution in [0, 0.1) is 0 Å². The largest absolute Gasteiger partial charge is 0.359 e. The number of thiocarbonyl (C=S) groups is 1. The molecule has 116 valence electrons. The van der Waals surface area contributed by atoms with Crippen molar-refractivity contribution in [3.05, 3.63) is 59.7 Å². The minimum Gasteiger partial charge on any atom is -0.359 e. The van der Waals surface area contributed by atoms with E-state index in [0.717, 1.165) is 11.3 Å². The van der Waals surface area contributed by atoms with Crippen LogP contribution in [0.4, 0.5) is 0 Å². The molecular formula is C17H22N4S. The first-order valence-electron chi connectivity index (χ1n) is 7.32. The fraction of sp³-hybridized carbons (Fsp3) is 0.353. The van der Waals surface area contributed by atoms with Crippen LogP contribution in [-0.4, -0.2) is 15.1 Å². The highest BCUT2D eigenvalue weighted by Gasteiger charge is 2.19. The summed E-state index contributed by atoms with van der Waals surface area (Å²) in [6, 6.07) is 10.2. The number of nitrogens with zero attached hydrogens (tertiary/aromatic N) is 2. The Morgan fingerprint density at radius 1 is 1.09 bits per heavy atom. The molecule has 2 rings (SSSR count). The fourth-order valence-corrected chi connectivity index (χ4v) is 2.32. The molecule has 0 atom stereocenters. The zero-order valence-corrected chi connectivity index (χ0v) is 14.1. The molecule has 1 aromatic heterocycles. The first-order chi connectivity index (χ1) is 10.5. The number of benzene rings is 1. The van der Waals surface area contributed by atoms with E-state index >= 15 is 0 Å². The van der Waals surface area contributed by atoms with Crippen molar-refractivity contribution >= 4 is 17.3 Å². The average Bonchev–Trinajstić information content (AvgIpc) is 2.51. The Morgan fingerprint density at radius 3 is 2.45 bits per heavy atom. The van der Waals surface area contributed by atoms with Gasteiger partial charge in [-0.05, 0) is 17.8 Å². The molecule has 1 heterocycles. The summed E-state index contributed by atoms with van der Waals surface area (Å²) in [6.45, 7) is 7.76. The first kappa shape index (κ1) is 16.4. The number of rotatable bonds is 4. The second-order valence-electron chi connectivity index (χ2n) is 6.17. The van der Waals surface area contributed by atoms with Gasteiger partial charge in [-0.1, -0.05) is 51.1 Å². The maximum atomic E-state index is 5.33. The predicted octanol–water partition coefficient (Wildman–Crippen LogP) is 2.94. The van der Waals surface area contributed by atoms with E-state index in [4.69, 9.17) is 12.2 Å². The lowest BCUT2D eigenvalue weighted by Gasteiger charge is -2.21. The highest BCUT2D eigenvalue weighted by Crippen LogP contribution is 2.22. The summed E-state index contributed by atoms with van der Waals surface area (Å²) in [4.78, 5) is 8.52. The van der Waals surface area contributed by atoms with Gasteiger partial charge in [0.2, 0.25) is 0 Å². The van der Waals surface area contributed by atoms with Crippen LogP contribution >= 0.6 is 12.2 Å². The van der Waals surface area contributed by atoms with Gasteiger partial charge in [-0.2, -0.15) is 0 Å². The van der Waals surface area contributed by atoms with Gasteiger partial charge in [-0.25, -0.2) is 9.97 Å².